The van der Waals surface area contributed by atoms with Gasteiger partial charge in [0.1, 0.15) is 5.75 Å². The third kappa shape index (κ3) is 1.07. The Morgan fingerprint density at radius 3 is 2.92 bits per heavy atom. The molecule has 0 spiro atoms. The summed E-state index contributed by atoms with van der Waals surface area (Å²) < 4.78 is 0. The predicted molar refractivity (Wildman–Crippen MR) is 43.7 cm³/mol. The zero-order chi connectivity index (χ0) is 8.39. The van der Waals surface area contributed by atoms with Crippen LogP contribution in [0.1, 0.15) is 5.56 Å². The summed E-state index contributed by atoms with van der Waals surface area (Å²) in [4.78, 5) is 4.73. The van der Waals surface area contributed by atoms with E-state index < -0.39 is 0 Å². The Labute approximate surface area is 69.5 Å². The molecule has 62 valence electrons. The summed E-state index contributed by atoms with van der Waals surface area (Å²) in [5, 5.41) is 16.0. The van der Waals surface area contributed by atoms with Gasteiger partial charge in [-0.1, -0.05) is 17.3 Å². The van der Waals surface area contributed by atoms with Crippen LogP contribution in [0.3, 0.4) is 0 Å². The molecule has 1 heterocycles. The second kappa shape index (κ2) is 2.73. The summed E-state index contributed by atoms with van der Waals surface area (Å²) >= 11 is 0. The van der Waals surface area contributed by atoms with Crippen molar-refractivity contribution >= 4 is 5.84 Å². The van der Waals surface area contributed by atoms with E-state index in [1.807, 2.05) is 6.07 Å². The molecule has 1 aromatic carbocycles. The van der Waals surface area contributed by atoms with Crippen molar-refractivity contribution in [3.05, 3.63) is 29.8 Å². The third-order valence-corrected chi connectivity index (χ3v) is 1.62. The number of hydrogen-bond donors (Lipinski definition) is 2. The van der Waals surface area contributed by atoms with Crippen molar-refractivity contribution in [2.75, 3.05) is 6.73 Å². The zero-order valence-corrected chi connectivity index (χ0v) is 6.32. The minimum absolute atomic E-state index is 0.203. The lowest BCUT2D eigenvalue weighted by molar-refractivity contribution is 0.164. The first-order valence-electron chi connectivity index (χ1n) is 3.60. The quantitative estimate of drug-likeness (QED) is 0.640. The van der Waals surface area contributed by atoms with Crippen LogP contribution >= 0.6 is 0 Å². The van der Waals surface area contributed by atoms with Crippen LogP contribution in [-0.2, 0) is 4.84 Å². The Bertz CT molecular complexity index is 323. The molecule has 0 unspecified atom stereocenters. The molecule has 0 aromatic heterocycles. The molecular weight excluding hydrogens is 156 g/mol. The number of rotatable bonds is 1. The van der Waals surface area contributed by atoms with Crippen molar-refractivity contribution in [3.8, 4) is 5.75 Å². The molecule has 0 fully saturated rings. The Morgan fingerprint density at radius 1 is 1.42 bits per heavy atom. The van der Waals surface area contributed by atoms with Gasteiger partial charge in [-0.2, -0.15) is 0 Å². The van der Waals surface area contributed by atoms with Gasteiger partial charge in [0.15, 0.2) is 12.6 Å². The lowest BCUT2D eigenvalue weighted by Crippen LogP contribution is -2.19. The Kier molecular flexibility index (Phi) is 1.59. The number of hydrogen-bond acceptors (Lipinski definition) is 4. The summed E-state index contributed by atoms with van der Waals surface area (Å²) in [6, 6.07) is 6.97. The number of amidine groups is 1. The number of oxime groups is 1. The predicted octanol–water partition coefficient (Wildman–Crippen LogP) is 0.631. The lowest BCUT2D eigenvalue weighted by Gasteiger charge is -2.00. The van der Waals surface area contributed by atoms with E-state index in [1.54, 1.807) is 18.2 Å². The van der Waals surface area contributed by atoms with Gasteiger partial charge in [0.05, 0.1) is 5.56 Å². The summed E-state index contributed by atoms with van der Waals surface area (Å²) in [6.45, 7) is 0.365. The van der Waals surface area contributed by atoms with Gasteiger partial charge in [0.25, 0.3) is 0 Å². The van der Waals surface area contributed by atoms with E-state index in [1.165, 1.54) is 0 Å². The normalized spacial score (nSPS) is 14.8. The van der Waals surface area contributed by atoms with E-state index in [9.17, 15) is 5.11 Å². The van der Waals surface area contributed by atoms with Crippen LogP contribution in [0, 0.1) is 0 Å². The molecular formula is C8H8N2O2. The Balaban J connectivity index is 2.39. The van der Waals surface area contributed by atoms with Crippen LogP contribution in [0.25, 0.3) is 0 Å². The average Bonchev–Trinajstić information content (AvgIpc) is 2.57. The fourth-order valence-electron chi connectivity index (χ4n) is 1.05. The number of phenols is 1. The molecule has 12 heavy (non-hydrogen) atoms. The molecule has 2 N–H and O–H groups in total. The van der Waals surface area contributed by atoms with Crippen LogP contribution in [0.5, 0.6) is 5.75 Å². The molecule has 2 rings (SSSR count). The smallest absolute Gasteiger partial charge is 0.188 e. The first-order valence-corrected chi connectivity index (χ1v) is 3.60. The standard InChI is InChI=1S/C8H8N2O2/c11-7-4-2-1-3-6(7)8-9-5-12-10-8/h1-4,11H,5H2,(H,9,10). The van der Waals surface area contributed by atoms with Gasteiger partial charge < -0.3 is 15.3 Å². The fraction of sp³-hybridized carbons (Fsp3) is 0.125. The zero-order valence-electron chi connectivity index (χ0n) is 6.32. The van der Waals surface area contributed by atoms with E-state index >= 15 is 0 Å². The molecule has 1 aliphatic rings. The van der Waals surface area contributed by atoms with Crippen molar-refractivity contribution in [3.63, 3.8) is 0 Å². The van der Waals surface area contributed by atoms with E-state index in [2.05, 4.69) is 10.5 Å². The highest BCUT2D eigenvalue weighted by Crippen LogP contribution is 2.16. The molecule has 0 radical (unpaired) electrons. The molecule has 0 aliphatic carbocycles. The maximum absolute atomic E-state index is 9.39. The lowest BCUT2D eigenvalue weighted by atomic mass is 10.2. The van der Waals surface area contributed by atoms with E-state index in [4.69, 9.17) is 4.84 Å². The Hall–Kier alpha value is -1.71. The SMILES string of the molecule is Oc1ccccc1C1=NOCN1. The topological polar surface area (TPSA) is 53.9 Å². The third-order valence-electron chi connectivity index (χ3n) is 1.62. The van der Waals surface area contributed by atoms with Gasteiger partial charge in [-0.15, -0.1) is 0 Å². The van der Waals surface area contributed by atoms with Gasteiger partial charge >= 0.3 is 0 Å². The van der Waals surface area contributed by atoms with Gasteiger partial charge in [0.2, 0.25) is 0 Å². The van der Waals surface area contributed by atoms with Gasteiger partial charge in [0, 0.05) is 0 Å². The van der Waals surface area contributed by atoms with Crippen molar-refractivity contribution in [1.82, 2.24) is 5.32 Å². The second-order valence-corrected chi connectivity index (χ2v) is 2.41. The molecule has 0 bridgehead atoms. The van der Waals surface area contributed by atoms with Crippen molar-refractivity contribution in [1.29, 1.82) is 0 Å². The van der Waals surface area contributed by atoms with Crippen LogP contribution in [-0.4, -0.2) is 17.7 Å². The number of nitrogens with one attached hydrogen (secondary N) is 1. The number of benzene rings is 1. The van der Waals surface area contributed by atoms with Crippen LogP contribution in [0.15, 0.2) is 29.4 Å². The summed E-state index contributed by atoms with van der Waals surface area (Å²) in [5.41, 5.74) is 0.662. The molecule has 1 aliphatic heterocycles. The second-order valence-electron chi connectivity index (χ2n) is 2.41. The molecule has 1 aromatic rings. The average molecular weight is 164 g/mol. The molecule has 0 saturated carbocycles. The Morgan fingerprint density at radius 2 is 2.25 bits per heavy atom. The number of nitrogens with zero attached hydrogens (tertiary/aromatic N) is 1. The number of para-hydroxylation sites is 1. The van der Waals surface area contributed by atoms with E-state index in [-0.39, 0.29) is 5.75 Å². The van der Waals surface area contributed by atoms with Crippen molar-refractivity contribution in [2.45, 2.75) is 0 Å². The summed E-state index contributed by atoms with van der Waals surface area (Å²) in [6.07, 6.45) is 0. The number of phenolic OH excluding ortho intramolecular Hbond substituents is 1. The van der Waals surface area contributed by atoms with E-state index in [0.717, 1.165) is 0 Å². The highest BCUT2D eigenvalue weighted by molar-refractivity contribution is 6.01. The molecule has 4 heteroatoms. The van der Waals surface area contributed by atoms with Crippen LogP contribution in [0.2, 0.25) is 0 Å². The maximum atomic E-state index is 9.39. The van der Waals surface area contributed by atoms with Crippen LogP contribution in [0.4, 0.5) is 0 Å². The summed E-state index contributed by atoms with van der Waals surface area (Å²) in [7, 11) is 0. The van der Waals surface area contributed by atoms with Gasteiger partial charge in [-0.25, -0.2) is 0 Å². The minimum Gasteiger partial charge on any atom is -0.507 e. The van der Waals surface area contributed by atoms with E-state index in [0.29, 0.717) is 18.1 Å². The highest BCUT2D eigenvalue weighted by Gasteiger charge is 2.12. The molecule has 0 amide bonds. The molecule has 0 atom stereocenters. The van der Waals surface area contributed by atoms with Crippen LogP contribution < -0.4 is 5.32 Å². The molecule has 4 nitrogen and oxygen atoms in total. The largest absolute Gasteiger partial charge is 0.507 e. The van der Waals surface area contributed by atoms with Gasteiger partial charge in [-0.05, 0) is 12.1 Å². The van der Waals surface area contributed by atoms with Crippen molar-refractivity contribution < 1.29 is 9.94 Å². The highest BCUT2D eigenvalue weighted by atomic mass is 16.6. The minimum atomic E-state index is 0.203. The number of aromatic hydroxyl groups is 1. The van der Waals surface area contributed by atoms with Crippen molar-refractivity contribution in [2.24, 2.45) is 5.16 Å². The summed E-state index contributed by atoms with van der Waals surface area (Å²) in [5.74, 6) is 0.780. The van der Waals surface area contributed by atoms with Gasteiger partial charge in [-0.3, -0.25) is 0 Å². The monoisotopic (exact) mass is 164 g/mol. The molecule has 0 saturated heterocycles. The maximum Gasteiger partial charge on any atom is 0.188 e. The first-order chi connectivity index (χ1) is 5.88. The fourth-order valence-corrected chi connectivity index (χ4v) is 1.05. The first kappa shape index (κ1) is 6.97.